The summed E-state index contributed by atoms with van der Waals surface area (Å²) < 4.78 is 0. The van der Waals surface area contributed by atoms with Crippen molar-refractivity contribution in [1.29, 1.82) is 0 Å². The fraction of sp³-hybridized carbons (Fsp3) is 0.900. The summed E-state index contributed by atoms with van der Waals surface area (Å²) in [5, 5.41) is 12.8. The van der Waals surface area contributed by atoms with Gasteiger partial charge >= 0.3 is 5.97 Å². The molecule has 1 rings (SSSR count). The highest BCUT2D eigenvalue weighted by Crippen LogP contribution is 2.39. The molecule has 0 aromatic rings. The molecular formula is C10H17N3O2. The van der Waals surface area contributed by atoms with Gasteiger partial charge in [-0.05, 0) is 51.0 Å². The van der Waals surface area contributed by atoms with Crippen LogP contribution >= 0.6 is 0 Å². The van der Waals surface area contributed by atoms with Crippen LogP contribution in [-0.2, 0) is 4.79 Å². The second-order valence-electron chi connectivity index (χ2n) is 4.74. The van der Waals surface area contributed by atoms with Gasteiger partial charge in [-0.2, -0.15) is 0 Å². The van der Waals surface area contributed by atoms with Crippen molar-refractivity contribution in [3.63, 3.8) is 0 Å². The number of aliphatic carboxylic acids is 1. The molecule has 1 saturated carbocycles. The van der Waals surface area contributed by atoms with Gasteiger partial charge in [-0.3, -0.25) is 4.79 Å². The molecule has 0 spiro atoms. The van der Waals surface area contributed by atoms with E-state index < -0.39 is 11.4 Å². The van der Waals surface area contributed by atoms with Crippen molar-refractivity contribution >= 4 is 5.97 Å². The summed E-state index contributed by atoms with van der Waals surface area (Å²) in [7, 11) is 0. The number of azide groups is 1. The average Bonchev–Trinajstić information content (AvgIpc) is 2.19. The monoisotopic (exact) mass is 211 g/mol. The van der Waals surface area contributed by atoms with Gasteiger partial charge in [0.15, 0.2) is 0 Å². The largest absolute Gasteiger partial charge is 0.481 e. The minimum atomic E-state index is -0.741. The van der Waals surface area contributed by atoms with Gasteiger partial charge in [0.2, 0.25) is 0 Å². The van der Waals surface area contributed by atoms with E-state index in [0.717, 1.165) is 25.7 Å². The van der Waals surface area contributed by atoms with Crippen LogP contribution in [0.2, 0.25) is 0 Å². The highest BCUT2D eigenvalue weighted by molar-refractivity contribution is 5.74. The van der Waals surface area contributed by atoms with Crippen LogP contribution in [0.1, 0.15) is 39.5 Å². The lowest BCUT2D eigenvalue weighted by atomic mass is 9.70. The zero-order valence-electron chi connectivity index (χ0n) is 9.18. The molecule has 15 heavy (non-hydrogen) atoms. The number of hydrogen-bond acceptors (Lipinski definition) is 2. The Hall–Kier alpha value is -1.22. The first-order valence-corrected chi connectivity index (χ1v) is 5.26. The first-order chi connectivity index (χ1) is 6.98. The number of hydrogen-bond donors (Lipinski definition) is 1. The second kappa shape index (κ2) is 4.53. The Labute approximate surface area is 89.1 Å². The van der Waals surface area contributed by atoms with Crippen molar-refractivity contribution in [1.82, 2.24) is 0 Å². The molecule has 1 aliphatic rings. The molecule has 0 unspecified atom stereocenters. The van der Waals surface area contributed by atoms with E-state index in [1.807, 2.05) is 0 Å². The third kappa shape index (κ3) is 2.63. The molecule has 5 heteroatoms. The van der Waals surface area contributed by atoms with Gasteiger partial charge in [-0.15, -0.1) is 0 Å². The standard InChI is InChI=1S/C10H17N3O2/c1-10(2,9(14)15)7-3-5-8(6-4-7)12-13-11/h7-8H,3-6H2,1-2H3,(H,14,15). The van der Waals surface area contributed by atoms with Crippen LogP contribution in [0.4, 0.5) is 0 Å². The Morgan fingerprint density at radius 2 is 1.93 bits per heavy atom. The number of carboxylic acid groups (broad SMARTS) is 1. The molecule has 84 valence electrons. The highest BCUT2D eigenvalue weighted by Gasteiger charge is 2.38. The van der Waals surface area contributed by atoms with Gasteiger partial charge in [0.1, 0.15) is 0 Å². The van der Waals surface area contributed by atoms with E-state index in [-0.39, 0.29) is 12.0 Å². The number of nitrogens with zero attached hydrogens (tertiary/aromatic N) is 3. The summed E-state index contributed by atoms with van der Waals surface area (Å²) in [4.78, 5) is 13.8. The summed E-state index contributed by atoms with van der Waals surface area (Å²) in [6.07, 6.45) is 3.29. The summed E-state index contributed by atoms with van der Waals surface area (Å²) >= 11 is 0. The molecule has 0 heterocycles. The van der Waals surface area contributed by atoms with Gasteiger partial charge in [-0.1, -0.05) is 5.11 Å². The van der Waals surface area contributed by atoms with Gasteiger partial charge in [0.05, 0.1) is 5.41 Å². The zero-order chi connectivity index (χ0) is 11.5. The SMILES string of the molecule is CC(C)(C(=O)O)C1CCC(N=[N+]=[N-])CC1. The number of rotatable bonds is 3. The van der Waals surface area contributed by atoms with Crippen LogP contribution in [0.3, 0.4) is 0 Å². The third-order valence-corrected chi connectivity index (χ3v) is 3.48. The zero-order valence-corrected chi connectivity index (χ0v) is 9.18. The molecule has 0 aromatic heterocycles. The molecule has 0 radical (unpaired) electrons. The fourth-order valence-electron chi connectivity index (χ4n) is 2.16. The summed E-state index contributed by atoms with van der Waals surface area (Å²) in [6, 6.07) is 0.0656. The maximum absolute atomic E-state index is 11.0. The first-order valence-electron chi connectivity index (χ1n) is 5.26. The van der Waals surface area contributed by atoms with Crippen molar-refractivity contribution in [2.24, 2.45) is 16.4 Å². The van der Waals surface area contributed by atoms with Crippen LogP contribution in [0, 0.1) is 11.3 Å². The van der Waals surface area contributed by atoms with Crippen LogP contribution in [0.15, 0.2) is 5.11 Å². The quantitative estimate of drug-likeness (QED) is 0.442. The molecular weight excluding hydrogens is 194 g/mol. The smallest absolute Gasteiger partial charge is 0.309 e. The second-order valence-corrected chi connectivity index (χ2v) is 4.74. The van der Waals surface area contributed by atoms with Crippen molar-refractivity contribution in [3.05, 3.63) is 10.4 Å². The van der Waals surface area contributed by atoms with Crippen molar-refractivity contribution in [2.45, 2.75) is 45.6 Å². The molecule has 0 saturated heterocycles. The molecule has 0 amide bonds. The minimum absolute atomic E-state index is 0.0656. The van der Waals surface area contributed by atoms with Crippen LogP contribution in [0.5, 0.6) is 0 Å². The van der Waals surface area contributed by atoms with Crippen LogP contribution in [-0.4, -0.2) is 17.1 Å². The minimum Gasteiger partial charge on any atom is -0.481 e. The topological polar surface area (TPSA) is 86.1 Å². The lowest BCUT2D eigenvalue weighted by Gasteiger charge is -2.35. The highest BCUT2D eigenvalue weighted by atomic mass is 16.4. The van der Waals surface area contributed by atoms with Crippen molar-refractivity contribution in [2.75, 3.05) is 0 Å². The maximum Gasteiger partial charge on any atom is 0.309 e. The Kier molecular flexibility index (Phi) is 3.58. The normalized spacial score (nSPS) is 26.8. The molecule has 0 aromatic carbocycles. The van der Waals surface area contributed by atoms with Crippen LogP contribution in [0.25, 0.3) is 10.4 Å². The average molecular weight is 211 g/mol. The fourth-order valence-corrected chi connectivity index (χ4v) is 2.16. The molecule has 1 N–H and O–H groups in total. The Balaban J connectivity index is 2.57. The van der Waals surface area contributed by atoms with Gasteiger partial charge < -0.3 is 5.11 Å². The van der Waals surface area contributed by atoms with Gasteiger partial charge in [0.25, 0.3) is 0 Å². The van der Waals surface area contributed by atoms with E-state index in [1.54, 1.807) is 13.8 Å². The molecule has 5 nitrogen and oxygen atoms in total. The predicted molar refractivity (Wildman–Crippen MR) is 56.3 cm³/mol. The van der Waals surface area contributed by atoms with E-state index in [9.17, 15) is 4.79 Å². The Morgan fingerprint density at radius 3 is 2.33 bits per heavy atom. The number of carboxylic acids is 1. The van der Waals surface area contributed by atoms with E-state index in [2.05, 4.69) is 10.0 Å². The molecule has 1 fully saturated rings. The lowest BCUT2D eigenvalue weighted by molar-refractivity contribution is -0.150. The Morgan fingerprint density at radius 1 is 1.40 bits per heavy atom. The van der Waals surface area contributed by atoms with E-state index in [1.165, 1.54) is 0 Å². The molecule has 1 aliphatic carbocycles. The predicted octanol–water partition coefficient (Wildman–Crippen LogP) is 2.97. The van der Waals surface area contributed by atoms with E-state index in [0.29, 0.717) is 0 Å². The Bertz CT molecular complexity index is 287. The molecule has 0 atom stereocenters. The molecule has 0 bridgehead atoms. The summed E-state index contributed by atoms with van der Waals surface area (Å²) in [6.45, 7) is 3.54. The third-order valence-electron chi connectivity index (χ3n) is 3.48. The summed E-state index contributed by atoms with van der Waals surface area (Å²) in [5.74, 6) is -0.546. The van der Waals surface area contributed by atoms with Crippen molar-refractivity contribution in [3.8, 4) is 0 Å². The molecule has 0 aliphatic heterocycles. The maximum atomic E-state index is 11.0. The van der Waals surface area contributed by atoms with Gasteiger partial charge in [-0.25, -0.2) is 0 Å². The van der Waals surface area contributed by atoms with E-state index in [4.69, 9.17) is 10.6 Å². The van der Waals surface area contributed by atoms with Crippen LogP contribution < -0.4 is 0 Å². The first kappa shape index (κ1) is 11.9. The summed E-state index contributed by atoms with van der Waals surface area (Å²) in [5.41, 5.74) is 7.63. The lowest BCUT2D eigenvalue weighted by Crippen LogP contribution is -2.35. The van der Waals surface area contributed by atoms with Crippen molar-refractivity contribution < 1.29 is 9.90 Å². The van der Waals surface area contributed by atoms with E-state index >= 15 is 0 Å². The number of carbonyl (C=O) groups is 1. The van der Waals surface area contributed by atoms with Gasteiger partial charge in [0, 0.05) is 11.0 Å².